The number of rotatable bonds is 10. The average Bonchev–Trinajstić information content (AvgIpc) is 2.76. The maximum Gasteiger partial charge on any atom is 0.417 e. The minimum Gasteiger partial charge on any atom is -0.481 e. The molecule has 0 heterocycles. The number of carbonyl (C=O) groups is 4. The van der Waals surface area contributed by atoms with Crippen LogP contribution in [-0.2, 0) is 36.3 Å². The molecule has 212 valence electrons. The van der Waals surface area contributed by atoms with Crippen molar-refractivity contribution in [3.63, 3.8) is 0 Å². The van der Waals surface area contributed by atoms with Crippen molar-refractivity contribution in [1.82, 2.24) is 0 Å². The summed E-state index contributed by atoms with van der Waals surface area (Å²) in [5.74, 6) is -8.41. The molecule has 0 radical (unpaired) electrons. The Bertz CT molecular complexity index is 1170. The first-order valence-electron chi connectivity index (χ1n) is 10.8. The van der Waals surface area contributed by atoms with Gasteiger partial charge in [0.1, 0.15) is 0 Å². The summed E-state index contributed by atoms with van der Waals surface area (Å²) in [7, 11) is 0. The summed E-state index contributed by atoms with van der Waals surface area (Å²) in [5.41, 5.74) is -3.02. The van der Waals surface area contributed by atoms with Crippen LogP contribution in [0.2, 0.25) is 10.0 Å². The molecule has 0 spiro atoms. The lowest BCUT2D eigenvalue weighted by Crippen LogP contribution is -2.20. The zero-order valence-corrected chi connectivity index (χ0v) is 20.9. The first-order chi connectivity index (χ1) is 17.9. The molecule has 15 heteroatoms. The van der Waals surface area contributed by atoms with E-state index in [2.05, 4.69) is 4.74 Å². The Balaban J connectivity index is 2.24. The van der Waals surface area contributed by atoms with E-state index in [-0.39, 0.29) is 11.1 Å². The van der Waals surface area contributed by atoms with Gasteiger partial charge < -0.3 is 14.9 Å². The van der Waals surface area contributed by atoms with Crippen molar-refractivity contribution in [2.45, 2.75) is 49.9 Å². The minimum atomic E-state index is -4.88. The largest absolute Gasteiger partial charge is 0.481 e. The topological polar surface area (TPSA) is 118 Å². The zero-order valence-electron chi connectivity index (χ0n) is 19.4. The number of benzene rings is 2. The number of alkyl halides is 6. The molecule has 0 fully saturated rings. The molecule has 2 aromatic rings. The lowest BCUT2D eigenvalue weighted by atomic mass is 9.90. The second kappa shape index (κ2) is 12.7. The third-order valence-corrected chi connectivity index (χ3v) is 6.09. The highest BCUT2D eigenvalue weighted by atomic mass is 35.5. The number of aliphatic carboxylic acids is 2. The summed E-state index contributed by atoms with van der Waals surface area (Å²) >= 11 is 11.1. The number of carboxylic acid groups (broad SMARTS) is 2. The molecule has 2 rings (SSSR count). The fourth-order valence-corrected chi connectivity index (χ4v) is 4.13. The molecule has 7 nitrogen and oxygen atoms in total. The number of carbonyl (C=O) groups excluding carboxylic acids is 2. The van der Waals surface area contributed by atoms with Crippen LogP contribution in [0.15, 0.2) is 36.4 Å². The SMILES string of the molecule is O=C(O)CC(CC(=O)OC(=O)CC(CC(=O)O)c1ccc(Cl)c(C(F)(F)F)c1)c1ccc(Cl)c(C(F)(F)F)c1. The quantitative estimate of drug-likeness (QED) is 0.176. The van der Waals surface area contributed by atoms with E-state index in [1.165, 1.54) is 0 Å². The van der Waals surface area contributed by atoms with Crippen LogP contribution in [-0.4, -0.2) is 34.1 Å². The van der Waals surface area contributed by atoms with Gasteiger partial charge in [0, 0.05) is 11.8 Å². The Kier molecular flexibility index (Phi) is 10.4. The van der Waals surface area contributed by atoms with Crippen molar-refractivity contribution >= 4 is 47.1 Å². The van der Waals surface area contributed by atoms with Gasteiger partial charge >= 0.3 is 36.2 Å². The molecule has 0 aliphatic heterocycles. The number of hydrogen-bond donors (Lipinski definition) is 2. The van der Waals surface area contributed by atoms with Gasteiger partial charge in [0.2, 0.25) is 0 Å². The van der Waals surface area contributed by atoms with Gasteiger partial charge in [-0.15, -0.1) is 0 Å². The molecule has 0 saturated carbocycles. The Hall–Kier alpha value is -3.32. The third-order valence-electron chi connectivity index (χ3n) is 5.43. The Morgan fingerprint density at radius 2 is 1.00 bits per heavy atom. The molecule has 0 aliphatic carbocycles. The number of halogens is 8. The van der Waals surface area contributed by atoms with E-state index in [9.17, 15) is 45.5 Å². The average molecular weight is 603 g/mol. The fourth-order valence-electron chi connectivity index (χ4n) is 3.68. The van der Waals surface area contributed by atoms with E-state index >= 15 is 0 Å². The summed E-state index contributed by atoms with van der Waals surface area (Å²) in [4.78, 5) is 47.2. The highest BCUT2D eigenvalue weighted by Crippen LogP contribution is 2.39. The van der Waals surface area contributed by atoms with Crippen LogP contribution >= 0.6 is 23.2 Å². The van der Waals surface area contributed by atoms with Crippen LogP contribution in [0, 0.1) is 0 Å². The first-order valence-corrected chi connectivity index (χ1v) is 11.5. The Morgan fingerprint density at radius 1 is 0.667 bits per heavy atom. The van der Waals surface area contributed by atoms with Gasteiger partial charge in [-0.05, 0) is 35.4 Å². The first kappa shape index (κ1) is 31.9. The summed E-state index contributed by atoms with van der Waals surface area (Å²) in [5, 5.41) is 16.9. The number of hydrogen-bond acceptors (Lipinski definition) is 5. The fraction of sp³-hybridized carbons (Fsp3) is 0.333. The van der Waals surface area contributed by atoms with Crippen LogP contribution in [0.4, 0.5) is 26.3 Å². The predicted octanol–water partition coefficient (Wildman–Crippen LogP) is 6.70. The molecule has 2 unspecified atom stereocenters. The smallest absolute Gasteiger partial charge is 0.417 e. The molecular formula is C24H18Cl2F6O7. The van der Waals surface area contributed by atoms with Crippen molar-refractivity contribution in [2.75, 3.05) is 0 Å². The van der Waals surface area contributed by atoms with E-state index in [0.29, 0.717) is 12.1 Å². The second-order valence-corrected chi connectivity index (χ2v) is 9.13. The number of esters is 2. The summed E-state index contributed by atoms with van der Waals surface area (Å²) in [6.07, 6.45) is -13.1. The maximum atomic E-state index is 13.2. The molecule has 0 aliphatic rings. The lowest BCUT2D eigenvalue weighted by molar-refractivity contribution is -0.160. The van der Waals surface area contributed by atoms with Crippen LogP contribution in [0.3, 0.4) is 0 Å². The molecule has 39 heavy (non-hydrogen) atoms. The van der Waals surface area contributed by atoms with E-state index in [1.54, 1.807) is 0 Å². The maximum absolute atomic E-state index is 13.2. The van der Waals surface area contributed by atoms with Crippen LogP contribution in [0.1, 0.15) is 59.8 Å². The summed E-state index contributed by atoms with van der Waals surface area (Å²) < 4.78 is 83.8. The Morgan fingerprint density at radius 3 is 1.28 bits per heavy atom. The van der Waals surface area contributed by atoms with Crippen LogP contribution in [0.25, 0.3) is 0 Å². The van der Waals surface area contributed by atoms with E-state index in [0.717, 1.165) is 24.3 Å². The third kappa shape index (κ3) is 9.43. The van der Waals surface area contributed by atoms with Gasteiger partial charge in [0.25, 0.3) is 0 Å². The highest BCUT2D eigenvalue weighted by Gasteiger charge is 2.36. The Labute approximate surface area is 226 Å². The molecule has 0 bridgehead atoms. The molecule has 2 aromatic carbocycles. The van der Waals surface area contributed by atoms with Gasteiger partial charge in [0.15, 0.2) is 0 Å². The monoisotopic (exact) mass is 602 g/mol. The van der Waals surface area contributed by atoms with Gasteiger partial charge in [-0.3, -0.25) is 19.2 Å². The van der Waals surface area contributed by atoms with E-state index < -0.39 is 94.9 Å². The van der Waals surface area contributed by atoms with Crippen LogP contribution < -0.4 is 0 Å². The lowest BCUT2D eigenvalue weighted by Gasteiger charge is -2.19. The summed E-state index contributed by atoms with van der Waals surface area (Å²) in [6, 6.07) is 5.00. The van der Waals surface area contributed by atoms with Gasteiger partial charge in [-0.25, -0.2) is 0 Å². The molecule has 0 aromatic heterocycles. The molecule has 0 amide bonds. The second-order valence-electron chi connectivity index (χ2n) is 8.32. The minimum absolute atomic E-state index is 0.233. The molecule has 2 N–H and O–H groups in total. The standard InChI is InChI=1S/C24H18Cl2F6O7/c25-17-3-1-11(5-15(17)23(27,28)29)13(7-19(33)34)9-21(37)39-22(38)10-14(8-20(35)36)12-2-4-18(26)16(6-12)24(30,31)32/h1-6,13-14H,7-10H2,(H,33,34)(H,35,36). The van der Waals surface area contributed by atoms with E-state index in [1.807, 2.05) is 0 Å². The summed E-state index contributed by atoms with van der Waals surface area (Å²) in [6.45, 7) is 0. The van der Waals surface area contributed by atoms with E-state index in [4.69, 9.17) is 33.4 Å². The molecule has 0 saturated heterocycles. The molecular weight excluding hydrogens is 585 g/mol. The van der Waals surface area contributed by atoms with Crippen molar-refractivity contribution in [3.05, 3.63) is 68.7 Å². The number of ether oxygens (including phenoxy) is 1. The van der Waals surface area contributed by atoms with Crippen LogP contribution in [0.5, 0.6) is 0 Å². The number of carboxylic acids is 2. The predicted molar refractivity (Wildman–Crippen MR) is 123 cm³/mol. The van der Waals surface area contributed by atoms with Gasteiger partial charge in [-0.2, -0.15) is 26.3 Å². The normalized spacial score (nSPS) is 13.4. The van der Waals surface area contributed by atoms with Gasteiger partial charge in [-0.1, -0.05) is 35.3 Å². The van der Waals surface area contributed by atoms with Gasteiger partial charge in [0.05, 0.1) is 46.9 Å². The van der Waals surface area contributed by atoms with Crippen molar-refractivity contribution < 1.29 is 60.5 Å². The van der Waals surface area contributed by atoms with Crippen molar-refractivity contribution in [3.8, 4) is 0 Å². The molecule has 2 atom stereocenters. The van der Waals surface area contributed by atoms with Crippen molar-refractivity contribution in [1.29, 1.82) is 0 Å². The highest BCUT2D eigenvalue weighted by molar-refractivity contribution is 6.31. The zero-order chi connectivity index (χ0) is 29.7. The van der Waals surface area contributed by atoms with Crippen molar-refractivity contribution in [2.24, 2.45) is 0 Å².